The molecule has 1 aliphatic rings. The molecule has 0 spiro atoms. The number of rotatable bonds is 5. The Morgan fingerprint density at radius 3 is 2.79 bits per heavy atom. The molecule has 1 atom stereocenters. The predicted molar refractivity (Wildman–Crippen MR) is 75.8 cm³/mol. The van der Waals surface area contributed by atoms with Gasteiger partial charge in [-0.3, -0.25) is 4.99 Å². The summed E-state index contributed by atoms with van der Waals surface area (Å²) in [6.45, 7) is 3.68. The van der Waals surface area contributed by atoms with E-state index in [1.807, 2.05) is 18.2 Å². The van der Waals surface area contributed by atoms with Crippen molar-refractivity contribution in [2.24, 2.45) is 10.7 Å². The Morgan fingerprint density at radius 1 is 1.37 bits per heavy atom. The molecular formula is C14H21N3O2. The Bertz CT molecular complexity index is 474. The van der Waals surface area contributed by atoms with Crippen molar-refractivity contribution < 1.29 is 9.47 Å². The van der Waals surface area contributed by atoms with Crippen LogP contribution in [0.3, 0.4) is 0 Å². The van der Waals surface area contributed by atoms with Crippen molar-refractivity contribution in [2.75, 3.05) is 27.3 Å². The molecule has 0 bridgehead atoms. The van der Waals surface area contributed by atoms with Crippen LogP contribution in [-0.2, 0) is 0 Å². The minimum absolute atomic E-state index is 0.130. The van der Waals surface area contributed by atoms with Crippen LogP contribution in [0.15, 0.2) is 23.2 Å². The maximum absolute atomic E-state index is 5.96. The van der Waals surface area contributed by atoms with Gasteiger partial charge >= 0.3 is 0 Å². The van der Waals surface area contributed by atoms with Crippen LogP contribution in [0.4, 0.5) is 0 Å². The Morgan fingerprint density at radius 2 is 2.16 bits per heavy atom. The number of hydrogen-bond acceptors (Lipinski definition) is 5. The molecule has 1 unspecified atom stereocenters. The molecule has 1 heterocycles. The average Bonchev–Trinajstić information content (AvgIpc) is 2.80. The molecule has 2 rings (SSSR count). The number of methoxy groups -OCH3 is 2. The number of benzene rings is 1. The summed E-state index contributed by atoms with van der Waals surface area (Å²) in [6.07, 6.45) is 1.03. The first-order chi connectivity index (χ1) is 9.21. The maximum atomic E-state index is 5.96. The molecule has 5 heteroatoms. The van der Waals surface area contributed by atoms with E-state index in [1.165, 1.54) is 0 Å². The van der Waals surface area contributed by atoms with Crippen molar-refractivity contribution in [3.63, 3.8) is 0 Å². The summed E-state index contributed by atoms with van der Waals surface area (Å²) in [5.74, 6) is 2.27. The van der Waals surface area contributed by atoms with Crippen LogP contribution in [0.1, 0.15) is 24.9 Å². The fraction of sp³-hybridized carbons (Fsp3) is 0.500. The van der Waals surface area contributed by atoms with Crippen LogP contribution < -0.4 is 15.2 Å². The van der Waals surface area contributed by atoms with Gasteiger partial charge in [-0.2, -0.15) is 0 Å². The van der Waals surface area contributed by atoms with Crippen molar-refractivity contribution in [2.45, 2.75) is 19.4 Å². The second kappa shape index (κ2) is 5.82. The Labute approximate surface area is 114 Å². The predicted octanol–water partition coefficient (Wildman–Crippen LogP) is 1.79. The summed E-state index contributed by atoms with van der Waals surface area (Å²) in [5, 5.41) is 0. The number of aliphatic imine (C=N–C) groups is 1. The molecule has 1 aliphatic heterocycles. The highest BCUT2D eigenvalue weighted by Gasteiger charge is 2.29. The lowest BCUT2D eigenvalue weighted by molar-refractivity contribution is 0.328. The molecule has 0 radical (unpaired) electrons. The number of hydrogen-bond donors (Lipinski definition) is 1. The maximum Gasteiger partial charge on any atom is 0.191 e. The number of ether oxygens (including phenoxy) is 2. The van der Waals surface area contributed by atoms with E-state index in [2.05, 4.69) is 16.8 Å². The molecule has 104 valence electrons. The Balaban J connectivity index is 2.34. The van der Waals surface area contributed by atoms with Gasteiger partial charge in [0.1, 0.15) is 11.5 Å². The lowest BCUT2D eigenvalue weighted by Crippen LogP contribution is -2.36. The fourth-order valence-corrected chi connectivity index (χ4v) is 2.41. The van der Waals surface area contributed by atoms with E-state index in [9.17, 15) is 0 Å². The molecule has 0 saturated heterocycles. The van der Waals surface area contributed by atoms with E-state index in [0.717, 1.165) is 30.0 Å². The minimum Gasteiger partial charge on any atom is -0.497 e. The van der Waals surface area contributed by atoms with E-state index < -0.39 is 0 Å². The molecule has 0 fully saturated rings. The molecule has 0 aromatic heterocycles. The fourth-order valence-electron chi connectivity index (χ4n) is 2.41. The third kappa shape index (κ3) is 2.59. The zero-order valence-electron chi connectivity index (χ0n) is 11.7. The van der Waals surface area contributed by atoms with Gasteiger partial charge in [0, 0.05) is 12.1 Å². The average molecular weight is 263 g/mol. The molecule has 1 aromatic rings. The minimum atomic E-state index is 0.130. The third-order valence-corrected chi connectivity index (χ3v) is 3.36. The number of nitrogens with two attached hydrogens (primary N) is 1. The highest BCUT2D eigenvalue weighted by molar-refractivity contribution is 5.80. The van der Waals surface area contributed by atoms with Crippen LogP contribution in [0.5, 0.6) is 11.5 Å². The zero-order chi connectivity index (χ0) is 13.8. The number of nitrogens with zero attached hydrogens (tertiary/aromatic N) is 2. The van der Waals surface area contributed by atoms with Crippen LogP contribution in [0, 0.1) is 0 Å². The molecule has 5 nitrogen and oxygen atoms in total. The Kier molecular flexibility index (Phi) is 4.14. The van der Waals surface area contributed by atoms with E-state index in [4.69, 9.17) is 15.2 Å². The first kappa shape index (κ1) is 13.5. The molecule has 0 amide bonds. The summed E-state index contributed by atoms with van der Waals surface area (Å²) < 4.78 is 10.7. The van der Waals surface area contributed by atoms with Crippen LogP contribution in [0.2, 0.25) is 0 Å². The lowest BCUT2D eigenvalue weighted by Gasteiger charge is -2.27. The smallest absolute Gasteiger partial charge is 0.191 e. The topological polar surface area (TPSA) is 60.1 Å². The summed E-state index contributed by atoms with van der Waals surface area (Å²) in [7, 11) is 3.34. The molecule has 19 heavy (non-hydrogen) atoms. The standard InChI is InChI=1S/C14H21N3O2/c1-4-7-17-12(9-16-14(17)15)11-8-10(18-2)5-6-13(11)19-3/h5-6,8,12H,4,7,9H2,1-3H3,(H2,15,16). The summed E-state index contributed by atoms with van der Waals surface area (Å²) in [6, 6.07) is 5.95. The van der Waals surface area contributed by atoms with Gasteiger partial charge in [-0.05, 0) is 24.6 Å². The van der Waals surface area contributed by atoms with Gasteiger partial charge in [0.2, 0.25) is 0 Å². The van der Waals surface area contributed by atoms with Gasteiger partial charge in [0.25, 0.3) is 0 Å². The SMILES string of the molecule is CCCN1C(N)=NCC1c1cc(OC)ccc1OC. The van der Waals surface area contributed by atoms with Crippen molar-refractivity contribution in [1.82, 2.24) is 4.90 Å². The van der Waals surface area contributed by atoms with E-state index in [0.29, 0.717) is 12.5 Å². The largest absolute Gasteiger partial charge is 0.497 e. The summed E-state index contributed by atoms with van der Waals surface area (Å²) in [4.78, 5) is 6.47. The quantitative estimate of drug-likeness (QED) is 0.879. The first-order valence-electron chi connectivity index (χ1n) is 6.49. The first-order valence-corrected chi connectivity index (χ1v) is 6.49. The van der Waals surface area contributed by atoms with Crippen LogP contribution >= 0.6 is 0 Å². The van der Waals surface area contributed by atoms with Crippen molar-refractivity contribution >= 4 is 5.96 Å². The third-order valence-electron chi connectivity index (χ3n) is 3.36. The zero-order valence-corrected chi connectivity index (χ0v) is 11.7. The molecule has 2 N–H and O–H groups in total. The summed E-state index contributed by atoms with van der Waals surface area (Å²) >= 11 is 0. The van der Waals surface area contributed by atoms with E-state index in [1.54, 1.807) is 14.2 Å². The van der Waals surface area contributed by atoms with E-state index >= 15 is 0 Å². The molecule has 0 aliphatic carbocycles. The van der Waals surface area contributed by atoms with Gasteiger partial charge in [-0.25, -0.2) is 0 Å². The van der Waals surface area contributed by atoms with Gasteiger partial charge < -0.3 is 20.1 Å². The van der Waals surface area contributed by atoms with Crippen LogP contribution in [0.25, 0.3) is 0 Å². The molecule has 1 aromatic carbocycles. The second-order valence-electron chi connectivity index (χ2n) is 4.52. The number of guanidine groups is 1. The lowest BCUT2D eigenvalue weighted by atomic mass is 10.0. The van der Waals surface area contributed by atoms with Gasteiger partial charge in [0.15, 0.2) is 5.96 Å². The molecule has 0 saturated carbocycles. The monoisotopic (exact) mass is 263 g/mol. The van der Waals surface area contributed by atoms with Gasteiger partial charge in [0.05, 0.1) is 26.8 Å². The highest BCUT2D eigenvalue weighted by atomic mass is 16.5. The van der Waals surface area contributed by atoms with E-state index in [-0.39, 0.29) is 6.04 Å². The van der Waals surface area contributed by atoms with Crippen LogP contribution in [-0.4, -0.2) is 38.2 Å². The van der Waals surface area contributed by atoms with Crippen molar-refractivity contribution in [1.29, 1.82) is 0 Å². The van der Waals surface area contributed by atoms with Crippen molar-refractivity contribution in [3.05, 3.63) is 23.8 Å². The summed E-state index contributed by atoms with van der Waals surface area (Å²) in [5.41, 5.74) is 7.03. The molecular weight excluding hydrogens is 242 g/mol. The van der Waals surface area contributed by atoms with Gasteiger partial charge in [-0.1, -0.05) is 6.92 Å². The van der Waals surface area contributed by atoms with Gasteiger partial charge in [-0.15, -0.1) is 0 Å². The highest BCUT2D eigenvalue weighted by Crippen LogP contribution is 2.35. The van der Waals surface area contributed by atoms with Crippen molar-refractivity contribution in [3.8, 4) is 11.5 Å². The second-order valence-corrected chi connectivity index (χ2v) is 4.52. The normalized spacial score (nSPS) is 18.4. The Hall–Kier alpha value is -1.91.